The van der Waals surface area contributed by atoms with E-state index in [-0.39, 0.29) is 11.9 Å². The zero-order chi connectivity index (χ0) is 17.6. The van der Waals surface area contributed by atoms with Gasteiger partial charge in [-0.1, -0.05) is 0 Å². The Kier molecular flexibility index (Phi) is 4.12. The molecule has 0 N–H and O–H groups in total. The lowest BCUT2D eigenvalue weighted by molar-refractivity contribution is 0.190. The van der Waals surface area contributed by atoms with Gasteiger partial charge >= 0.3 is 0 Å². The maximum absolute atomic E-state index is 14.5. The first-order valence-corrected chi connectivity index (χ1v) is 9.06. The van der Waals surface area contributed by atoms with E-state index in [0.717, 1.165) is 35.9 Å². The van der Waals surface area contributed by atoms with Gasteiger partial charge in [-0.25, -0.2) is 14.4 Å². The Bertz CT molecular complexity index is 901. The van der Waals surface area contributed by atoms with Crippen molar-refractivity contribution in [3.05, 3.63) is 28.5 Å². The van der Waals surface area contributed by atoms with Crippen molar-refractivity contribution in [3.8, 4) is 0 Å². The fourth-order valence-electron chi connectivity index (χ4n) is 3.15. The van der Waals surface area contributed by atoms with Crippen LogP contribution in [0.2, 0.25) is 0 Å². The Labute approximate surface area is 148 Å². The van der Waals surface area contributed by atoms with Crippen LogP contribution in [0.5, 0.6) is 0 Å². The van der Waals surface area contributed by atoms with Crippen LogP contribution in [0.15, 0.2) is 10.6 Å². The van der Waals surface area contributed by atoms with E-state index >= 15 is 0 Å². The lowest BCUT2D eigenvalue weighted by Crippen LogP contribution is -2.47. The van der Waals surface area contributed by atoms with Crippen LogP contribution < -0.4 is 4.90 Å². The maximum atomic E-state index is 14.5. The van der Waals surface area contributed by atoms with Gasteiger partial charge in [0.1, 0.15) is 5.82 Å². The highest BCUT2D eigenvalue weighted by Gasteiger charge is 2.27. The number of piperazine rings is 1. The predicted octanol–water partition coefficient (Wildman–Crippen LogP) is 2.71. The molecule has 0 amide bonds. The van der Waals surface area contributed by atoms with Crippen LogP contribution in [-0.4, -0.2) is 51.2 Å². The number of aryl methyl sites for hydroxylation is 2. The number of fused-ring (bicyclic) bond motifs is 1. The van der Waals surface area contributed by atoms with Crippen LogP contribution in [0, 0.1) is 19.7 Å². The third-order valence-electron chi connectivity index (χ3n) is 4.53. The number of anilines is 1. The van der Waals surface area contributed by atoms with Crippen molar-refractivity contribution in [2.75, 3.05) is 31.1 Å². The Hall–Kier alpha value is -2.13. The largest absolute Gasteiger partial charge is 0.338 e. The van der Waals surface area contributed by atoms with Crippen LogP contribution >= 0.6 is 11.3 Å². The SMILES string of the molecule is Cc1nc(N2CCN(C(C)c3nc4nc(C)sc4cc3F)CC2)no1. The zero-order valence-electron chi connectivity index (χ0n) is 14.4. The summed E-state index contributed by atoms with van der Waals surface area (Å²) in [6, 6.07) is 1.44. The fourth-order valence-corrected chi connectivity index (χ4v) is 3.95. The van der Waals surface area contributed by atoms with E-state index in [2.05, 4.69) is 29.9 Å². The molecule has 7 nitrogen and oxygen atoms in total. The van der Waals surface area contributed by atoms with Crippen molar-refractivity contribution in [2.45, 2.75) is 26.8 Å². The molecular formula is C16H19FN6OS. The monoisotopic (exact) mass is 362 g/mol. The van der Waals surface area contributed by atoms with Crippen molar-refractivity contribution < 1.29 is 8.91 Å². The second-order valence-corrected chi connectivity index (χ2v) is 7.46. The Balaban J connectivity index is 1.50. The minimum Gasteiger partial charge on any atom is -0.338 e. The van der Waals surface area contributed by atoms with Crippen molar-refractivity contribution >= 4 is 27.6 Å². The first-order chi connectivity index (χ1) is 12.0. The quantitative estimate of drug-likeness (QED) is 0.709. The summed E-state index contributed by atoms with van der Waals surface area (Å²) >= 11 is 1.47. The zero-order valence-corrected chi connectivity index (χ0v) is 15.2. The van der Waals surface area contributed by atoms with E-state index in [1.807, 2.05) is 13.8 Å². The number of hydrogen-bond acceptors (Lipinski definition) is 8. The lowest BCUT2D eigenvalue weighted by Gasteiger charge is -2.37. The molecule has 3 aromatic rings. The van der Waals surface area contributed by atoms with Gasteiger partial charge in [-0.2, -0.15) is 4.98 Å². The standard InChI is InChI=1S/C16H19FN6OS/c1-9(14-12(17)8-13-15(20-14)19-11(3)25-13)22-4-6-23(7-5-22)16-18-10(2)24-21-16/h8-9H,4-7H2,1-3H3. The van der Waals surface area contributed by atoms with Gasteiger partial charge in [0.05, 0.1) is 21.4 Å². The predicted molar refractivity (Wildman–Crippen MR) is 93.3 cm³/mol. The third-order valence-corrected chi connectivity index (χ3v) is 5.43. The van der Waals surface area contributed by atoms with Crippen LogP contribution in [0.1, 0.15) is 29.6 Å². The van der Waals surface area contributed by atoms with Crippen LogP contribution in [0.25, 0.3) is 10.3 Å². The molecule has 1 aliphatic heterocycles. The molecule has 1 atom stereocenters. The Morgan fingerprint density at radius 3 is 2.60 bits per heavy atom. The van der Waals surface area contributed by atoms with Crippen LogP contribution in [0.4, 0.5) is 10.3 Å². The maximum Gasteiger partial charge on any atom is 0.266 e. The van der Waals surface area contributed by atoms with Crippen molar-refractivity contribution in [3.63, 3.8) is 0 Å². The molecule has 1 saturated heterocycles. The smallest absolute Gasteiger partial charge is 0.266 e. The van der Waals surface area contributed by atoms with E-state index in [4.69, 9.17) is 4.52 Å². The first-order valence-electron chi connectivity index (χ1n) is 8.24. The number of nitrogens with zero attached hydrogens (tertiary/aromatic N) is 6. The molecule has 0 aliphatic carbocycles. The molecule has 1 fully saturated rings. The molecule has 25 heavy (non-hydrogen) atoms. The summed E-state index contributed by atoms with van der Waals surface area (Å²) in [6.45, 7) is 8.77. The van der Waals surface area contributed by atoms with E-state index in [1.165, 1.54) is 11.3 Å². The lowest BCUT2D eigenvalue weighted by atomic mass is 10.1. The summed E-state index contributed by atoms with van der Waals surface area (Å²) in [5, 5.41) is 4.86. The average molecular weight is 362 g/mol. The molecule has 3 aromatic heterocycles. The number of thiazole rings is 1. The van der Waals surface area contributed by atoms with Gasteiger partial charge in [0.2, 0.25) is 5.89 Å². The van der Waals surface area contributed by atoms with Gasteiger partial charge in [-0.15, -0.1) is 11.3 Å². The Morgan fingerprint density at radius 1 is 1.16 bits per heavy atom. The van der Waals surface area contributed by atoms with Crippen LogP contribution in [0.3, 0.4) is 0 Å². The van der Waals surface area contributed by atoms with E-state index < -0.39 is 0 Å². The van der Waals surface area contributed by atoms with Gasteiger partial charge in [0, 0.05) is 33.1 Å². The summed E-state index contributed by atoms with van der Waals surface area (Å²) in [6.07, 6.45) is 0. The minimum absolute atomic E-state index is 0.111. The molecule has 1 aliphatic rings. The molecule has 0 spiro atoms. The molecule has 0 saturated carbocycles. The highest BCUT2D eigenvalue weighted by Crippen LogP contribution is 2.28. The molecule has 0 radical (unpaired) electrons. The molecule has 4 heterocycles. The van der Waals surface area contributed by atoms with Gasteiger partial charge in [-0.05, 0) is 25.1 Å². The summed E-state index contributed by atoms with van der Waals surface area (Å²) in [5.41, 5.74) is 1.09. The van der Waals surface area contributed by atoms with E-state index in [1.54, 1.807) is 13.0 Å². The number of aromatic nitrogens is 4. The number of hydrogen-bond donors (Lipinski definition) is 0. The first kappa shape index (κ1) is 16.3. The highest BCUT2D eigenvalue weighted by atomic mass is 32.1. The molecule has 9 heteroatoms. The second kappa shape index (κ2) is 6.30. The molecule has 4 rings (SSSR count). The van der Waals surface area contributed by atoms with E-state index in [0.29, 0.717) is 23.2 Å². The van der Waals surface area contributed by atoms with Crippen molar-refractivity contribution in [2.24, 2.45) is 0 Å². The van der Waals surface area contributed by atoms with E-state index in [9.17, 15) is 4.39 Å². The summed E-state index contributed by atoms with van der Waals surface area (Å²) in [5.74, 6) is 0.914. The highest BCUT2D eigenvalue weighted by molar-refractivity contribution is 7.18. The third kappa shape index (κ3) is 3.09. The van der Waals surface area contributed by atoms with Crippen molar-refractivity contribution in [1.82, 2.24) is 25.0 Å². The molecule has 1 unspecified atom stereocenters. The summed E-state index contributed by atoms with van der Waals surface area (Å²) < 4.78 is 20.4. The van der Waals surface area contributed by atoms with Gasteiger partial charge in [0.25, 0.3) is 5.95 Å². The molecule has 0 aromatic carbocycles. The average Bonchev–Trinajstić information content (AvgIpc) is 3.18. The Morgan fingerprint density at radius 2 is 1.92 bits per heavy atom. The van der Waals surface area contributed by atoms with Gasteiger partial charge in [-0.3, -0.25) is 4.90 Å². The minimum atomic E-state index is -0.264. The number of pyridine rings is 1. The summed E-state index contributed by atoms with van der Waals surface area (Å²) in [4.78, 5) is 17.4. The topological polar surface area (TPSA) is 71.2 Å². The summed E-state index contributed by atoms with van der Waals surface area (Å²) in [7, 11) is 0. The van der Waals surface area contributed by atoms with Gasteiger partial charge in [0.15, 0.2) is 5.65 Å². The van der Waals surface area contributed by atoms with Crippen molar-refractivity contribution in [1.29, 1.82) is 0 Å². The number of rotatable bonds is 3. The van der Waals surface area contributed by atoms with Gasteiger partial charge < -0.3 is 9.42 Å². The fraction of sp³-hybridized carbons (Fsp3) is 0.500. The number of halogens is 1. The molecule has 0 bridgehead atoms. The molecule has 132 valence electrons. The van der Waals surface area contributed by atoms with Crippen LogP contribution in [-0.2, 0) is 0 Å². The second-order valence-electron chi connectivity index (χ2n) is 6.22. The normalized spacial score (nSPS) is 17.4. The molecular weight excluding hydrogens is 343 g/mol.